The molecule has 0 N–H and O–H groups in total. The maximum absolute atomic E-state index is 12.8. The van der Waals surface area contributed by atoms with Crippen LogP contribution in [0.25, 0.3) is 0 Å². The van der Waals surface area contributed by atoms with Gasteiger partial charge in [0, 0.05) is 11.1 Å². The van der Waals surface area contributed by atoms with Gasteiger partial charge in [0.25, 0.3) is 0 Å². The fourth-order valence-electron chi connectivity index (χ4n) is 1.76. The van der Waals surface area contributed by atoms with E-state index in [0.29, 0.717) is 16.9 Å². The zero-order valence-electron chi connectivity index (χ0n) is 12.3. The van der Waals surface area contributed by atoms with Crippen molar-refractivity contribution in [1.82, 2.24) is 0 Å². The van der Waals surface area contributed by atoms with Crippen molar-refractivity contribution in [3.8, 4) is 5.75 Å². The molecule has 7 heteroatoms. The van der Waals surface area contributed by atoms with Gasteiger partial charge in [-0.05, 0) is 48.5 Å². The Hall–Kier alpha value is -2.57. The molecule has 0 aliphatic carbocycles. The molecule has 0 saturated heterocycles. The third-order valence-corrected chi connectivity index (χ3v) is 2.90. The summed E-state index contributed by atoms with van der Waals surface area (Å²) in [5.74, 6) is -0.373. The van der Waals surface area contributed by atoms with E-state index in [0.717, 1.165) is 0 Å². The van der Waals surface area contributed by atoms with E-state index >= 15 is 0 Å². The van der Waals surface area contributed by atoms with Gasteiger partial charge in [-0.1, -0.05) is 0 Å². The first-order valence-electron chi connectivity index (χ1n) is 6.50. The Morgan fingerprint density at radius 3 is 1.70 bits per heavy atom. The van der Waals surface area contributed by atoms with Gasteiger partial charge in [0.15, 0.2) is 11.6 Å². The molecule has 0 atom stereocenters. The number of hydrogen-bond acceptors (Lipinski definition) is 3. The highest BCUT2D eigenvalue weighted by Crippen LogP contribution is 2.14. The number of ketones is 2. The molecule has 0 spiro atoms. The Bertz CT molecular complexity index is 643. The predicted molar refractivity (Wildman–Crippen MR) is 80.6 cm³/mol. The van der Waals surface area contributed by atoms with Gasteiger partial charge in [-0.25, -0.2) is 4.39 Å². The summed E-state index contributed by atoms with van der Waals surface area (Å²) < 4.78 is 36.8. The molecule has 0 heterocycles. The molecule has 2 rings (SSSR count). The second-order valence-electron chi connectivity index (χ2n) is 4.34. The summed E-state index contributed by atoms with van der Waals surface area (Å²) >= 11 is 0. The number of rotatable bonds is 5. The number of carbonyl (C=O) groups is 2. The van der Waals surface area contributed by atoms with E-state index < -0.39 is 13.7 Å². The van der Waals surface area contributed by atoms with E-state index in [1.54, 1.807) is 24.3 Å². The Labute approximate surface area is 132 Å². The second kappa shape index (κ2) is 9.45. The van der Waals surface area contributed by atoms with Crippen LogP contribution in [0.4, 0.5) is 13.0 Å². The summed E-state index contributed by atoms with van der Waals surface area (Å²) in [4.78, 5) is 23.9. The molecule has 3 nitrogen and oxygen atoms in total. The third kappa shape index (κ3) is 5.98. The van der Waals surface area contributed by atoms with Crippen molar-refractivity contribution in [3.63, 3.8) is 0 Å². The van der Waals surface area contributed by atoms with Crippen molar-refractivity contribution in [2.45, 2.75) is 6.42 Å². The molecule has 2 aromatic carbocycles. The third-order valence-electron chi connectivity index (χ3n) is 2.90. The number of carbonyl (C=O) groups excluding carboxylic acids is 2. The summed E-state index contributed by atoms with van der Waals surface area (Å²) in [7, 11) is 0.537. The Morgan fingerprint density at radius 1 is 0.913 bits per heavy atom. The van der Waals surface area contributed by atoms with E-state index in [4.69, 9.17) is 4.74 Å². The van der Waals surface area contributed by atoms with Crippen LogP contribution in [0, 0.1) is 5.82 Å². The molecule has 119 valence electrons. The smallest absolute Gasteiger partial charge is 0.497 e. The van der Waals surface area contributed by atoms with E-state index in [1.165, 1.54) is 31.4 Å². The SMILES string of the molecule is COc1ccc(C(=O)CC(=O)c2ccc(F)cc2)cc1.F[B]F. The first kappa shape index (κ1) is 18.5. The van der Waals surface area contributed by atoms with Crippen molar-refractivity contribution >= 4 is 19.4 Å². The highest BCUT2D eigenvalue weighted by atomic mass is 19.2. The van der Waals surface area contributed by atoms with Crippen LogP contribution in [0.2, 0.25) is 0 Å². The number of ether oxygens (including phenoxy) is 1. The molecule has 0 saturated carbocycles. The molecular weight excluding hydrogens is 308 g/mol. The lowest BCUT2D eigenvalue weighted by molar-refractivity contribution is 0.0894. The van der Waals surface area contributed by atoms with Gasteiger partial charge in [0.05, 0.1) is 13.5 Å². The standard InChI is InChI=1S/C16H13FO3.BF2/c1-20-14-8-4-12(5-9-14)16(19)10-15(18)11-2-6-13(17)7-3-11;2-1-3/h2-9H,10H2,1H3;. The van der Waals surface area contributed by atoms with E-state index in [9.17, 15) is 22.6 Å². The van der Waals surface area contributed by atoms with Crippen LogP contribution in [0.15, 0.2) is 48.5 Å². The minimum atomic E-state index is -1.00. The van der Waals surface area contributed by atoms with E-state index in [1.807, 2.05) is 0 Å². The van der Waals surface area contributed by atoms with Crippen LogP contribution in [-0.2, 0) is 0 Å². The van der Waals surface area contributed by atoms with Gasteiger partial charge >= 0.3 is 7.83 Å². The molecule has 2 aromatic rings. The van der Waals surface area contributed by atoms with Crippen LogP contribution in [0.3, 0.4) is 0 Å². The monoisotopic (exact) mass is 321 g/mol. The second-order valence-corrected chi connectivity index (χ2v) is 4.34. The molecule has 1 radical (unpaired) electrons. The molecule has 0 unspecified atom stereocenters. The first-order valence-corrected chi connectivity index (χ1v) is 6.50. The van der Waals surface area contributed by atoms with E-state index in [-0.39, 0.29) is 18.0 Å². The largest absolute Gasteiger partial charge is 0.577 e. The fourth-order valence-corrected chi connectivity index (χ4v) is 1.76. The maximum Gasteiger partial charge on any atom is 0.577 e. The summed E-state index contributed by atoms with van der Waals surface area (Å²) in [6.07, 6.45) is -0.238. The molecule has 0 aliphatic heterocycles. The first-order chi connectivity index (χ1) is 11.0. The predicted octanol–water partition coefficient (Wildman–Crippen LogP) is 3.75. The van der Waals surface area contributed by atoms with Crippen LogP contribution in [-0.4, -0.2) is 26.5 Å². The zero-order chi connectivity index (χ0) is 17.2. The lowest BCUT2D eigenvalue weighted by Crippen LogP contribution is -2.08. The Balaban J connectivity index is 0.000000816. The quantitative estimate of drug-likeness (QED) is 0.478. The number of methoxy groups -OCH3 is 1. The van der Waals surface area contributed by atoms with E-state index in [2.05, 4.69) is 0 Å². The lowest BCUT2D eigenvalue weighted by atomic mass is 10.0. The molecule has 23 heavy (non-hydrogen) atoms. The summed E-state index contributed by atoms with van der Waals surface area (Å²) in [5.41, 5.74) is 0.773. The van der Waals surface area contributed by atoms with Crippen LogP contribution < -0.4 is 4.74 Å². The van der Waals surface area contributed by atoms with Crippen molar-refractivity contribution < 1.29 is 27.3 Å². The average molecular weight is 321 g/mol. The van der Waals surface area contributed by atoms with Crippen molar-refractivity contribution in [2.75, 3.05) is 7.11 Å². The average Bonchev–Trinajstić information content (AvgIpc) is 2.56. The maximum atomic E-state index is 12.8. The van der Waals surface area contributed by atoms with Gasteiger partial charge in [0.2, 0.25) is 0 Å². The highest BCUT2D eigenvalue weighted by molar-refractivity contribution is 6.15. The Kier molecular flexibility index (Phi) is 7.60. The molecule has 0 fully saturated rings. The number of benzene rings is 2. The van der Waals surface area contributed by atoms with Crippen LogP contribution in [0.5, 0.6) is 5.75 Å². The van der Waals surface area contributed by atoms with Crippen molar-refractivity contribution in [3.05, 3.63) is 65.5 Å². The van der Waals surface area contributed by atoms with Crippen LogP contribution in [0.1, 0.15) is 27.1 Å². The van der Waals surface area contributed by atoms with Gasteiger partial charge in [-0.3, -0.25) is 18.2 Å². The van der Waals surface area contributed by atoms with Crippen molar-refractivity contribution in [2.24, 2.45) is 0 Å². The summed E-state index contributed by atoms with van der Waals surface area (Å²) in [5, 5.41) is 0. The van der Waals surface area contributed by atoms with Gasteiger partial charge in [0.1, 0.15) is 11.6 Å². The molecule has 0 bridgehead atoms. The topological polar surface area (TPSA) is 43.4 Å². The fraction of sp³-hybridized carbons (Fsp3) is 0.125. The number of hydrogen-bond donors (Lipinski definition) is 0. The normalized spacial score (nSPS) is 9.39. The van der Waals surface area contributed by atoms with Crippen LogP contribution >= 0.6 is 0 Å². The highest BCUT2D eigenvalue weighted by Gasteiger charge is 2.13. The Morgan fingerprint density at radius 2 is 1.30 bits per heavy atom. The number of Topliss-reactive ketones (excluding diaryl/α,β-unsaturated/α-hetero) is 2. The van der Waals surface area contributed by atoms with Gasteiger partial charge in [-0.15, -0.1) is 0 Å². The molecule has 0 aliphatic rings. The number of halogens is 3. The lowest BCUT2D eigenvalue weighted by Gasteiger charge is -2.03. The molecule has 0 aromatic heterocycles. The van der Waals surface area contributed by atoms with Gasteiger partial charge in [-0.2, -0.15) is 0 Å². The summed E-state index contributed by atoms with van der Waals surface area (Å²) in [6, 6.07) is 11.7. The minimum Gasteiger partial charge on any atom is -0.497 e. The zero-order valence-corrected chi connectivity index (χ0v) is 12.3. The van der Waals surface area contributed by atoms with Gasteiger partial charge < -0.3 is 4.74 Å². The molecular formula is C16H13BF3O3. The molecule has 0 amide bonds. The van der Waals surface area contributed by atoms with Crippen molar-refractivity contribution in [1.29, 1.82) is 0 Å². The summed E-state index contributed by atoms with van der Waals surface area (Å²) in [6.45, 7) is 0. The minimum absolute atomic E-state index is 0.238.